The van der Waals surface area contributed by atoms with Crippen LogP contribution < -0.4 is 10.0 Å². The summed E-state index contributed by atoms with van der Waals surface area (Å²) in [5.74, 6) is -0.426. The molecule has 5 nitrogen and oxygen atoms in total. The third-order valence-corrected chi connectivity index (χ3v) is 7.01. The Morgan fingerprint density at radius 1 is 0.839 bits per heavy atom. The number of sulfonamides is 1. The molecule has 0 radical (unpaired) electrons. The van der Waals surface area contributed by atoms with Crippen LogP contribution in [-0.2, 0) is 15.4 Å². The Balaban J connectivity index is 1.89. The van der Waals surface area contributed by atoms with Crippen molar-refractivity contribution in [3.8, 4) is 0 Å². The Morgan fingerprint density at radius 2 is 1.42 bits per heavy atom. The maximum absolute atomic E-state index is 13.0. The highest BCUT2D eigenvalue weighted by molar-refractivity contribution is 9.10. The Labute approximate surface area is 199 Å². The van der Waals surface area contributed by atoms with E-state index in [-0.39, 0.29) is 21.6 Å². The SMILES string of the molecule is CC(C)(C)c1ccc(S(=O)(=O)Nc2ccc(Br)cc2C(=O)Nc2ccc(Br)cc2)cc1. The molecule has 2 N–H and O–H groups in total. The first-order chi connectivity index (χ1) is 14.5. The largest absolute Gasteiger partial charge is 0.322 e. The van der Waals surface area contributed by atoms with Gasteiger partial charge in [-0.15, -0.1) is 0 Å². The van der Waals surface area contributed by atoms with Gasteiger partial charge in [0, 0.05) is 14.6 Å². The Morgan fingerprint density at radius 3 is 2.00 bits per heavy atom. The second kappa shape index (κ2) is 9.14. The molecule has 1 amide bonds. The molecule has 0 unspecified atom stereocenters. The van der Waals surface area contributed by atoms with E-state index in [1.165, 1.54) is 0 Å². The lowest BCUT2D eigenvalue weighted by Gasteiger charge is -2.19. The molecule has 0 bridgehead atoms. The average Bonchev–Trinajstić information content (AvgIpc) is 2.70. The summed E-state index contributed by atoms with van der Waals surface area (Å²) in [6, 6.07) is 18.7. The molecule has 0 aliphatic carbocycles. The fourth-order valence-electron chi connectivity index (χ4n) is 2.86. The van der Waals surface area contributed by atoms with Crippen molar-refractivity contribution in [1.29, 1.82) is 0 Å². The maximum Gasteiger partial charge on any atom is 0.261 e. The van der Waals surface area contributed by atoms with Crippen LogP contribution in [0, 0.1) is 0 Å². The van der Waals surface area contributed by atoms with Gasteiger partial charge in [-0.05, 0) is 65.6 Å². The third kappa shape index (κ3) is 5.96. The normalized spacial score (nSPS) is 11.8. The summed E-state index contributed by atoms with van der Waals surface area (Å²) < 4.78 is 30.0. The molecule has 3 aromatic carbocycles. The molecule has 3 rings (SSSR count). The second-order valence-corrected chi connectivity index (χ2v) is 11.5. The summed E-state index contributed by atoms with van der Waals surface area (Å²) in [5.41, 5.74) is 1.94. The van der Waals surface area contributed by atoms with Gasteiger partial charge in [-0.2, -0.15) is 0 Å². The summed E-state index contributed by atoms with van der Waals surface area (Å²) in [5, 5.41) is 2.79. The van der Waals surface area contributed by atoms with Gasteiger partial charge in [0.15, 0.2) is 0 Å². The molecule has 0 saturated heterocycles. The van der Waals surface area contributed by atoms with E-state index < -0.39 is 15.9 Å². The highest BCUT2D eigenvalue weighted by atomic mass is 79.9. The minimum absolute atomic E-state index is 0.0836. The molecule has 0 aromatic heterocycles. The molecule has 0 fully saturated rings. The summed E-state index contributed by atoms with van der Waals surface area (Å²) in [6.45, 7) is 6.19. The van der Waals surface area contributed by atoms with Crippen molar-refractivity contribution >= 4 is 59.2 Å². The van der Waals surface area contributed by atoms with Crippen LogP contribution in [0.15, 0.2) is 80.6 Å². The second-order valence-electron chi connectivity index (χ2n) is 8.03. The van der Waals surface area contributed by atoms with Gasteiger partial charge in [0.1, 0.15) is 0 Å². The van der Waals surface area contributed by atoms with Gasteiger partial charge in [-0.25, -0.2) is 8.42 Å². The van der Waals surface area contributed by atoms with E-state index in [1.54, 1.807) is 66.7 Å². The number of hydrogen-bond donors (Lipinski definition) is 2. The van der Waals surface area contributed by atoms with Gasteiger partial charge in [-0.1, -0.05) is 64.8 Å². The number of benzene rings is 3. The summed E-state index contributed by atoms with van der Waals surface area (Å²) in [7, 11) is -3.87. The summed E-state index contributed by atoms with van der Waals surface area (Å²) >= 11 is 6.70. The van der Waals surface area contributed by atoms with Gasteiger partial charge in [0.2, 0.25) is 0 Å². The Bertz CT molecular complexity index is 1200. The fraction of sp³-hybridized carbons (Fsp3) is 0.174. The Hall–Kier alpha value is -2.16. The number of carbonyl (C=O) groups excluding carboxylic acids is 1. The number of hydrogen-bond acceptors (Lipinski definition) is 3. The van der Waals surface area contributed by atoms with Crippen LogP contribution in [0.3, 0.4) is 0 Å². The lowest BCUT2D eigenvalue weighted by Crippen LogP contribution is -2.19. The number of rotatable bonds is 5. The smallest absolute Gasteiger partial charge is 0.261 e. The van der Waals surface area contributed by atoms with Crippen molar-refractivity contribution in [2.75, 3.05) is 10.0 Å². The van der Waals surface area contributed by atoms with Crippen molar-refractivity contribution < 1.29 is 13.2 Å². The standard InChI is InChI=1S/C23H22Br2N2O3S/c1-23(2,3)15-4-11-19(12-5-15)31(29,30)27-21-13-8-17(25)14-20(21)22(28)26-18-9-6-16(24)7-10-18/h4-14,27H,1-3H3,(H,26,28). The van der Waals surface area contributed by atoms with Gasteiger partial charge in [0.25, 0.3) is 15.9 Å². The molecule has 0 heterocycles. The first-order valence-corrected chi connectivity index (χ1v) is 12.5. The van der Waals surface area contributed by atoms with E-state index in [0.717, 1.165) is 10.0 Å². The van der Waals surface area contributed by atoms with Crippen molar-refractivity contribution in [3.63, 3.8) is 0 Å². The topological polar surface area (TPSA) is 75.3 Å². The van der Waals surface area contributed by atoms with Crippen molar-refractivity contribution in [3.05, 3.63) is 86.8 Å². The van der Waals surface area contributed by atoms with Crippen LogP contribution in [0.2, 0.25) is 0 Å². The van der Waals surface area contributed by atoms with Crippen molar-refractivity contribution in [2.45, 2.75) is 31.1 Å². The minimum atomic E-state index is -3.87. The van der Waals surface area contributed by atoms with E-state index in [9.17, 15) is 13.2 Å². The zero-order valence-corrected chi connectivity index (χ0v) is 21.2. The number of carbonyl (C=O) groups is 1. The molecule has 162 valence electrons. The number of anilines is 2. The van der Waals surface area contributed by atoms with Crippen molar-refractivity contribution in [1.82, 2.24) is 0 Å². The molecule has 0 saturated carbocycles. The van der Waals surface area contributed by atoms with Crippen LogP contribution in [0.5, 0.6) is 0 Å². The van der Waals surface area contributed by atoms with Gasteiger partial charge < -0.3 is 5.32 Å². The number of amides is 1. The molecular formula is C23H22Br2N2O3S. The third-order valence-electron chi connectivity index (χ3n) is 4.60. The van der Waals surface area contributed by atoms with Crippen molar-refractivity contribution in [2.24, 2.45) is 0 Å². The zero-order valence-electron chi connectivity index (χ0n) is 17.2. The summed E-state index contributed by atoms with van der Waals surface area (Å²) in [4.78, 5) is 13.0. The van der Waals surface area contributed by atoms with Gasteiger partial charge >= 0.3 is 0 Å². The average molecular weight is 566 g/mol. The number of halogens is 2. The molecule has 0 aliphatic heterocycles. The predicted octanol–water partition coefficient (Wildman–Crippen LogP) is 6.56. The highest BCUT2D eigenvalue weighted by Crippen LogP contribution is 2.27. The zero-order chi connectivity index (χ0) is 22.8. The monoisotopic (exact) mass is 564 g/mol. The van der Waals surface area contributed by atoms with Crippen LogP contribution >= 0.6 is 31.9 Å². The molecule has 0 spiro atoms. The van der Waals surface area contributed by atoms with Crippen LogP contribution in [0.25, 0.3) is 0 Å². The quantitative estimate of drug-likeness (QED) is 0.368. The van der Waals surface area contributed by atoms with E-state index >= 15 is 0 Å². The minimum Gasteiger partial charge on any atom is -0.322 e. The van der Waals surface area contributed by atoms with Crippen LogP contribution in [0.1, 0.15) is 36.7 Å². The van der Waals surface area contributed by atoms with Gasteiger partial charge in [-0.3, -0.25) is 9.52 Å². The first-order valence-electron chi connectivity index (χ1n) is 9.45. The van der Waals surface area contributed by atoms with E-state index in [0.29, 0.717) is 10.2 Å². The lowest BCUT2D eigenvalue weighted by molar-refractivity contribution is 0.102. The predicted molar refractivity (Wildman–Crippen MR) is 132 cm³/mol. The van der Waals surface area contributed by atoms with E-state index in [2.05, 4.69) is 62.7 Å². The Kier molecular flexibility index (Phi) is 6.93. The first kappa shape index (κ1) is 23.5. The molecule has 0 aliphatic rings. The summed E-state index contributed by atoms with van der Waals surface area (Å²) in [6.07, 6.45) is 0. The molecule has 8 heteroatoms. The van der Waals surface area contributed by atoms with Crippen LogP contribution in [0.4, 0.5) is 11.4 Å². The van der Waals surface area contributed by atoms with Crippen LogP contribution in [-0.4, -0.2) is 14.3 Å². The number of nitrogens with one attached hydrogen (secondary N) is 2. The molecule has 31 heavy (non-hydrogen) atoms. The van der Waals surface area contributed by atoms with E-state index in [1.807, 2.05) is 0 Å². The van der Waals surface area contributed by atoms with Gasteiger partial charge in [0.05, 0.1) is 16.1 Å². The highest BCUT2D eigenvalue weighted by Gasteiger charge is 2.21. The molecular weight excluding hydrogens is 544 g/mol. The molecule has 0 atom stereocenters. The fourth-order valence-corrected chi connectivity index (χ4v) is 4.57. The van der Waals surface area contributed by atoms with E-state index in [4.69, 9.17) is 0 Å². The molecule has 3 aromatic rings. The maximum atomic E-state index is 13.0. The lowest BCUT2D eigenvalue weighted by atomic mass is 9.87.